The molecule has 0 aliphatic carbocycles. The highest BCUT2D eigenvalue weighted by Crippen LogP contribution is 2.44. The number of phenolic OH excluding ortho intramolecular Hbond substituents is 1. The highest BCUT2D eigenvalue weighted by molar-refractivity contribution is 6.13. The largest absolute Gasteiger partial charge is 0.507 e. The Balaban J connectivity index is 2.15. The van der Waals surface area contributed by atoms with Gasteiger partial charge < -0.3 is 9.84 Å². The summed E-state index contributed by atoms with van der Waals surface area (Å²) in [6, 6.07) is 11.9. The maximum Gasteiger partial charge on any atom is 0.339 e. The van der Waals surface area contributed by atoms with Gasteiger partial charge in [-0.15, -0.1) is 0 Å². The summed E-state index contributed by atoms with van der Waals surface area (Å²) in [4.78, 5) is 12.4. The number of carbonyl (C=O) groups excluding carboxylic acids is 1. The van der Waals surface area contributed by atoms with E-state index in [2.05, 4.69) is 6.58 Å². The number of cyclic esters (lactones) is 1. The first-order valence-corrected chi connectivity index (χ1v) is 8.20. The highest BCUT2D eigenvalue weighted by atomic mass is 16.5. The maximum absolute atomic E-state index is 12.4. The van der Waals surface area contributed by atoms with Crippen molar-refractivity contribution in [2.75, 3.05) is 0 Å². The molecule has 3 aromatic carbocycles. The van der Waals surface area contributed by atoms with E-state index in [0.717, 1.165) is 38.6 Å². The van der Waals surface area contributed by atoms with Crippen molar-refractivity contribution in [3.8, 4) is 16.9 Å². The Morgan fingerprint density at radius 2 is 1.68 bits per heavy atom. The molecular weight excluding hydrogens is 312 g/mol. The average molecular weight is 330 g/mol. The van der Waals surface area contributed by atoms with Crippen LogP contribution in [0.25, 0.3) is 28.0 Å². The Morgan fingerprint density at radius 3 is 2.32 bits per heavy atom. The molecule has 0 amide bonds. The number of benzene rings is 3. The Kier molecular flexibility index (Phi) is 3.39. The molecule has 25 heavy (non-hydrogen) atoms. The molecule has 1 aliphatic heterocycles. The summed E-state index contributed by atoms with van der Waals surface area (Å²) in [6.07, 6.45) is 1.78. The van der Waals surface area contributed by atoms with Gasteiger partial charge in [0.25, 0.3) is 0 Å². The number of rotatable bonds is 2. The zero-order valence-corrected chi connectivity index (χ0v) is 14.2. The van der Waals surface area contributed by atoms with Gasteiger partial charge in [-0.2, -0.15) is 0 Å². The SMILES string of the molecule is C=Cc1ccc(-c2c3c(c(O)c4cc(C)c(C)cc24)COC3=O)cc1. The molecule has 3 aromatic rings. The van der Waals surface area contributed by atoms with E-state index in [4.69, 9.17) is 4.74 Å². The van der Waals surface area contributed by atoms with Crippen LogP contribution in [0.4, 0.5) is 0 Å². The van der Waals surface area contributed by atoms with Crippen molar-refractivity contribution in [1.82, 2.24) is 0 Å². The number of esters is 1. The minimum absolute atomic E-state index is 0.112. The second-order valence-electron chi connectivity index (χ2n) is 6.46. The number of ether oxygens (including phenoxy) is 1. The molecule has 0 spiro atoms. The van der Waals surface area contributed by atoms with E-state index in [1.807, 2.05) is 50.2 Å². The van der Waals surface area contributed by atoms with Crippen LogP contribution in [-0.4, -0.2) is 11.1 Å². The van der Waals surface area contributed by atoms with Crippen molar-refractivity contribution in [3.05, 3.63) is 70.8 Å². The van der Waals surface area contributed by atoms with E-state index >= 15 is 0 Å². The number of aryl methyl sites for hydroxylation is 2. The normalized spacial score (nSPS) is 13.0. The average Bonchev–Trinajstić information content (AvgIpc) is 3.00. The Labute approximate surface area is 146 Å². The number of carbonyl (C=O) groups is 1. The van der Waals surface area contributed by atoms with Gasteiger partial charge >= 0.3 is 5.97 Å². The molecule has 0 atom stereocenters. The van der Waals surface area contributed by atoms with Gasteiger partial charge in [-0.1, -0.05) is 43.0 Å². The molecule has 1 N–H and O–H groups in total. The van der Waals surface area contributed by atoms with Crippen LogP contribution in [0, 0.1) is 13.8 Å². The molecule has 124 valence electrons. The van der Waals surface area contributed by atoms with Crippen LogP contribution >= 0.6 is 0 Å². The van der Waals surface area contributed by atoms with Crippen LogP contribution in [0.1, 0.15) is 32.6 Å². The van der Waals surface area contributed by atoms with Crippen molar-refractivity contribution in [2.24, 2.45) is 0 Å². The van der Waals surface area contributed by atoms with Crippen molar-refractivity contribution < 1.29 is 14.6 Å². The van der Waals surface area contributed by atoms with Crippen LogP contribution in [-0.2, 0) is 11.3 Å². The number of fused-ring (bicyclic) bond motifs is 2. The summed E-state index contributed by atoms with van der Waals surface area (Å²) in [6.45, 7) is 7.94. The fourth-order valence-electron chi connectivity index (χ4n) is 3.45. The maximum atomic E-state index is 12.4. The molecule has 0 saturated heterocycles. The first-order valence-electron chi connectivity index (χ1n) is 8.20. The third-order valence-corrected chi connectivity index (χ3v) is 4.98. The van der Waals surface area contributed by atoms with E-state index in [-0.39, 0.29) is 18.3 Å². The zero-order valence-electron chi connectivity index (χ0n) is 14.2. The number of hydrogen-bond donors (Lipinski definition) is 1. The van der Waals surface area contributed by atoms with Crippen molar-refractivity contribution >= 4 is 22.8 Å². The van der Waals surface area contributed by atoms with E-state index in [1.165, 1.54) is 0 Å². The van der Waals surface area contributed by atoms with E-state index in [1.54, 1.807) is 6.08 Å². The number of aromatic hydroxyl groups is 1. The van der Waals surface area contributed by atoms with Crippen LogP contribution in [0.2, 0.25) is 0 Å². The molecule has 1 heterocycles. The minimum atomic E-state index is -0.381. The second kappa shape index (κ2) is 5.49. The fraction of sp³-hybridized carbons (Fsp3) is 0.136. The molecule has 0 aromatic heterocycles. The van der Waals surface area contributed by atoms with Crippen LogP contribution in [0.5, 0.6) is 5.75 Å². The van der Waals surface area contributed by atoms with Crippen molar-refractivity contribution in [1.29, 1.82) is 0 Å². The quantitative estimate of drug-likeness (QED) is 0.662. The van der Waals surface area contributed by atoms with Crippen LogP contribution in [0.3, 0.4) is 0 Å². The van der Waals surface area contributed by atoms with E-state index in [9.17, 15) is 9.90 Å². The molecule has 0 unspecified atom stereocenters. The molecule has 0 bridgehead atoms. The summed E-state index contributed by atoms with van der Waals surface area (Å²) in [7, 11) is 0. The Bertz CT molecular complexity index is 1040. The third kappa shape index (κ3) is 2.23. The van der Waals surface area contributed by atoms with Gasteiger partial charge in [0.2, 0.25) is 0 Å². The summed E-state index contributed by atoms with van der Waals surface area (Å²) < 4.78 is 5.23. The molecule has 4 rings (SSSR count). The molecular formula is C22H18O3. The van der Waals surface area contributed by atoms with Crippen LogP contribution < -0.4 is 0 Å². The molecule has 0 radical (unpaired) electrons. The van der Waals surface area contributed by atoms with Crippen molar-refractivity contribution in [3.63, 3.8) is 0 Å². The first kappa shape index (κ1) is 15.5. The lowest BCUT2D eigenvalue weighted by atomic mass is 9.88. The molecule has 0 fully saturated rings. The number of phenols is 1. The zero-order chi connectivity index (χ0) is 17.7. The topological polar surface area (TPSA) is 46.5 Å². The van der Waals surface area contributed by atoms with Gasteiger partial charge in [0.05, 0.1) is 5.56 Å². The summed E-state index contributed by atoms with van der Waals surface area (Å²) in [5, 5.41) is 12.3. The van der Waals surface area contributed by atoms with Gasteiger partial charge in [-0.25, -0.2) is 4.79 Å². The fourth-order valence-corrected chi connectivity index (χ4v) is 3.45. The summed E-state index contributed by atoms with van der Waals surface area (Å²) in [5.74, 6) is -0.237. The highest BCUT2D eigenvalue weighted by Gasteiger charge is 2.31. The lowest BCUT2D eigenvalue weighted by Gasteiger charge is -2.15. The van der Waals surface area contributed by atoms with E-state index < -0.39 is 0 Å². The van der Waals surface area contributed by atoms with Gasteiger partial charge in [0, 0.05) is 16.5 Å². The van der Waals surface area contributed by atoms with Crippen molar-refractivity contribution in [2.45, 2.75) is 20.5 Å². The monoisotopic (exact) mass is 330 g/mol. The lowest BCUT2D eigenvalue weighted by Crippen LogP contribution is -2.00. The Morgan fingerprint density at radius 1 is 1.04 bits per heavy atom. The molecule has 0 saturated carbocycles. The summed E-state index contributed by atoms with van der Waals surface area (Å²) in [5.41, 5.74) is 6.02. The van der Waals surface area contributed by atoms with Crippen LogP contribution in [0.15, 0.2) is 43.0 Å². The van der Waals surface area contributed by atoms with Gasteiger partial charge in [-0.3, -0.25) is 0 Å². The van der Waals surface area contributed by atoms with Gasteiger partial charge in [-0.05, 0) is 47.6 Å². The number of hydrogen-bond acceptors (Lipinski definition) is 3. The minimum Gasteiger partial charge on any atom is -0.507 e. The van der Waals surface area contributed by atoms with Gasteiger partial charge in [0.1, 0.15) is 12.4 Å². The lowest BCUT2D eigenvalue weighted by molar-refractivity contribution is 0.0535. The second-order valence-corrected chi connectivity index (χ2v) is 6.46. The Hall–Kier alpha value is -3.07. The molecule has 3 nitrogen and oxygen atoms in total. The predicted octanol–water partition coefficient (Wildman–Crippen LogP) is 5.14. The van der Waals surface area contributed by atoms with Gasteiger partial charge in [0.15, 0.2) is 0 Å². The molecule has 3 heteroatoms. The smallest absolute Gasteiger partial charge is 0.339 e. The third-order valence-electron chi connectivity index (χ3n) is 4.98. The summed E-state index contributed by atoms with van der Waals surface area (Å²) >= 11 is 0. The van der Waals surface area contributed by atoms with E-state index in [0.29, 0.717) is 11.1 Å². The predicted molar refractivity (Wildman–Crippen MR) is 99.7 cm³/mol. The standard InChI is InChI=1S/C22H18O3/c1-4-14-5-7-15(8-6-14)19-16-9-12(2)13(3)10-17(16)21(23)18-11-25-22(24)20(18)19/h4-10,23H,1,11H2,2-3H3. The first-order chi connectivity index (χ1) is 12.0. The molecule has 1 aliphatic rings.